The molecule has 3 aromatic rings. The molecule has 36 heavy (non-hydrogen) atoms. The Kier molecular flexibility index (Phi) is 6.18. The molecule has 6 heteroatoms. The van der Waals surface area contributed by atoms with Gasteiger partial charge in [-0.3, -0.25) is 9.59 Å². The number of aromatic amines is 1. The Hall–Kier alpha value is -3.67. The van der Waals surface area contributed by atoms with Crippen molar-refractivity contribution < 1.29 is 9.59 Å². The van der Waals surface area contributed by atoms with Gasteiger partial charge in [-0.1, -0.05) is 61.7 Å². The number of amides is 2. The summed E-state index contributed by atoms with van der Waals surface area (Å²) >= 11 is 0. The van der Waals surface area contributed by atoms with Gasteiger partial charge >= 0.3 is 0 Å². The molecule has 0 radical (unpaired) electrons. The minimum atomic E-state index is -0.0460. The molecule has 0 bridgehead atoms. The van der Waals surface area contributed by atoms with Crippen molar-refractivity contribution in [3.8, 4) is 0 Å². The van der Waals surface area contributed by atoms with E-state index in [9.17, 15) is 9.59 Å². The molecule has 0 aliphatic heterocycles. The lowest BCUT2D eigenvalue weighted by atomic mass is 9.88. The molecule has 3 unspecified atom stereocenters. The van der Waals surface area contributed by atoms with Gasteiger partial charge in [-0.05, 0) is 55.5 Å². The Bertz CT molecular complexity index is 1330. The molecule has 0 spiro atoms. The van der Waals surface area contributed by atoms with E-state index in [1.807, 2.05) is 42.5 Å². The van der Waals surface area contributed by atoms with E-state index >= 15 is 0 Å². The fourth-order valence-corrected chi connectivity index (χ4v) is 5.55. The first-order valence-corrected chi connectivity index (χ1v) is 13.2. The zero-order valence-corrected chi connectivity index (χ0v) is 20.4. The molecule has 1 heterocycles. The van der Waals surface area contributed by atoms with Gasteiger partial charge in [-0.25, -0.2) is 4.98 Å². The summed E-state index contributed by atoms with van der Waals surface area (Å²) in [6.45, 7) is 0. The van der Waals surface area contributed by atoms with Gasteiger partial charge in [0.1, 0.15) is 5.82 Å². The van der Waals surface area contributed by atoms with E-state index < -0.39 is 0 Å². The summed E-state index contributed by atoms with van der Waals surface area (Å²) in [7, 11) is 0. The first-order chi connectivity index (χ1) is 17.6. The van der Waals surface area contributed by atoms with Crippen LogP contribution in [0.3, 0.4) is 0 Å². The maximum atomic E-state index is 12.9. The molecule has 3 N–H and O–H groups in total. The standard InChI is InChI=1S/C30H32N4O2/c35-29(21-9-5-2-6-10-21)31-23-14-11-20(12-15-23)28-32-25-16-13-22(17-27(25)33-28)30(36)34-26-18-24(26)19-7-3-1-4-8-19/h1,3-4,7-8,11,13-17,20-21,24,26H,2,5-6,9-10,12,18H2,(H,31,35)(H,32,33)(H,34,36). The third kappa shape index (κ3) is 4.85. The van der Waals surface area contributed by atoms with Gasteiger partial charge < -0.3 is 15.6 Å². The lowest BCUT2D eigenvalue weighted by Crippen LogP contribution is -2.31. The van der Waals surface area contributed by atoms with Crippen molar-refractivity contribution in [2.24, 2.45) is 5.92 Å². The monoisotopic (exact) mass is 480 g/mol. The van der Waals surface area contributed by atoms with Crippen molar-refractivity contribution in [1.29, 1.82) is 0 Å². The lowest BCUT2D eigenvalue weighted by molar-refractivity contribution is -0.125. The Morgan fingerprint density at radius 2 is 1.83 bits per heavy atom. The first-order valence-electron chi connectivity index (χ1n) is 13.2. The number of carbonyl (C=O) groups excluding carboxylic acids is 2. The number of hydrogen-bond donors (Lipinski definition) is 3. The summed E-state index contributed by atoms with van der Waals surface area (Å²) in [5.74, 6) is 1.65. The average molecular weight is 481 g/mol. The summed E-state index contributed by atoms with van der Waals surface area (Å²) < 4.78 is 0. The van der Waals surface area contributed by atoms with Crippen LogP contribution in [0.5, 0.6) is 0 Å². The van der Waals surface area contributed by atoms with E-state index in [4.69, 9.17) is 4.98 Å². The molecule has 3 atom stereocenters. The van der Waals surface area contributed by atoms with Crippen molar-refractivity contribution in [2.45, 2.75) is 62.8 Å². The highest BCUT2D eigenvalue weighted by Gasteiger charge is 2.39. The van der Waals surface area contributed by atoms with Crippen LogP contribution in [0.1, 0.15) is 78.5 Å². The highest BCUT2D eigenvalue weighted by molar-refractivity contribution is 5.97. The molecule has 2 fully saturated rings. The summed E-state index contributed by atoms with van der Waals surface area (Å²) in [4.78, 5) is 33.6. The molecule has 184 valence electrons. The van der Waals surface area contributed by atoms with Crippen molar-refractivity contribution in [3.63, 3.8) is 0 Å². The number of allylic oxidation sites excluding steroid dienone is 3. The van der Waals surface area contributed by atoms with Gasteiger partial charge in [-0.15, -0.1) is 0 Å². The molecule has 6 rings (SSSR count). The zero-order valence-electron chi connectivity index (χ0n) is 20.4. The van der Waals surface area contributed by atoms with Gasteiger partial charge in [0.2, 0.25) is 5.91 Å². The number of benzene rings is 2. The SMILES string of the molecule is O=C(NC1CC1c1ccccc1)c1ccc2nc(C3C=CC(NC(=O)C4CCCCC4)=CC3)[nH]c2c1. The van der Waals surface area contributed by atoms with Gasteiger partial charge in [0.25, 0.3) is 5.91 Å². The Balaban J connectivity index is 1.07. The van der Waals surface area contributed by atoms with Crippen LogP contribution < -0.4 is 10.6 Å². The molecular formula is C30H32N4O2. The van der Waals surface area contributed by atoms with E-state index in [-0.39, 0.29) is 29.7 Å². The Morgan fingerprint density at radius 1 is 1.00 bits per heavy atom. The van der Waals surface area contributed by atoms with Gasteiger partial charge in [0, 0.05) is 35.1 Å². The van der Waals surface area contributed by atoms with E-state index in [0.29, 0.717) is 11.5 Å². The van der Waals surface area contributed by atoms with E-state index in [1.54, 1.807) is 0 Å². The summed E-state index contributed by atoms with van der Waals surface area (Å²) in [6.07, 6.45) is 13.5. The Labute approximate surface area is 211 Å². The van der Waals surface area contributed by atoms with Crippen LogP contribution in [0.2, 0.25) is 0 Å². The quantitative estimate of drug-likeness (QED) is 0.437. The molecule has 3 aliphatic rings. The lowest BCUT2D eigenvalue weighted by Gasteiger charge is -2.22. The maximum absolute atomic E-state index is 12.9. The fourth-order valence-electron chi connectivity index (χ4n) is 5.55. The van der Waals surface area contributed by atoms with Crippen LogP contribution in [0.15, 0.2) is 72.5 Å². The molecule has 2 aromatic carbocycles. The van der Waals surface area contributed by atoms with Gasteiger partial charge in [0.05, 0.1) is 11.0 Å². The number of nitrogens with zero attached hydrogens (tertiary/aromatic N) is 1. The number of rotatable bonds is 6. The minimum Gasteiger partial charge on any atom is -0.349 e. The normalized spacial score (nSPS) is 23.8. The largest absolute Gasteiger partial charge is 0.349 e. The molecular weight excluding hydrogens is 448 g/mol. The summed E-state index contributed by atoms with van der Waals surface area (Å²) in [5, 5.41) is 6.27. The second kappa shape index (κ2) is 9.76. The predicted octanol–water partition coefficient (Wildman–Crippen LogP) is 5.47. The van der Waals surface area contributed by atoms with Crippen molar-refractivity contribution in [2.75, 3.05) is 0 Å². The number of imidazole rings is 1. The van der Waals surface area contributed by atoms with E-state index in [2.05, 4.69) is 39.9 Å². The number of aromatic nitrogens is 2. The summed E-state index contributed by atoms with van der Waals surface area (Å²) in [5.41, 5.74) is 4.52. The van der Waals surface area contributed by atoms with Crippen LogP contribution in [-0.2, 0) is 4.79 Å². The number of H-pyrrole nitrogens is 1. The molecule has 6 nitrogen and oxygen atoms in total. The maximum Gasteiger partial charge on any atom is 0.251 e. The van der Waals surface area contributed by atoms with Gasteiger partial charge in [0.15, 0.2) is 0 Å². The molecule has 3 aliphatic carbocycles. The third-order valence-corrected chi connectivity index (χ3v) is 7.79. The molecule has 2 amide bonds. The van der Waals surface area contributed by atoms with Crippen molar-refractivity contribution in [1.82, 2.24) is 20.6 Å². The van der Waals surface area contributed by atoms with Gasteiger partial charge in [-0.2, -0.15) is 0 Å². The van der Waals surface area contributed by atoms with Crippen LogP contribution in [-0.4, -0.2) is 27.8 Å². The second-order valence-electron chi connectivity index (χ2n) is 10.4. The second-order valence-corrected chi connectivity index (χ2v) is 10.4. The molecule has 2 saturated carbocycles. The van der Waals surface area contributed by atoms with Crippen LogP contribution >= 0.6 is 0 Å². The fraction of sp³-hybridized carbons (Fsp3) is 0.367. The molecule has 1 aromatic heterocycles. The van der Waals surface area contributed by atoms with Crippen LogP contribution in [0.4, 0.5) is 0 Å². The third-order valence-electron chi connectivity index (χ3n) is 7.79. The molecule has 0 saturated heterocycles. The first kappa shape index (κ1) is 22.8. The smallest absolute Gasteiger partial charge is 0.251 e. The zero-order chi connectivity index (χ0) is 24.5. The van der Waals surface area contributed by atoms with Crippen LogP contribution in [0, 0.1) is 5.92 Å². The number of carbonyl (C=O) groups is 2. The van der Waals surface area contributed by atoms with E-state index in [1.165, 1.54) is 12.0 Å². The number of fused-ring (bicyclic) bond motifs is 1. The van der Waals surface area contributed by atoms with Crippen molar-refractivity contribution in [3.05, 3.63) is 89.4 Å². The number of nitrogens with one attached hydrogen (secondary N) is 3. The van der Waals surface area contributed by atoms with Crippen LogP contribution in [0.25, 0.3) is 11.0 Å². The summed E-state index contributed by atoms with van der Waals surface area (Å²) in [6, 6.07) is 16.2. The highest BCUT2D eigenvalue weighted by Crippen LogP contribution is 2.40. The highest BCUT2D eigenvalue weighted by atomic mass is 16.2. The number of hydrogen-bond acceptors (Lipinski definition) is 3. The minimum absolute atomic E-state index is 0.0460. The van der Waals surface area contributed by atoms with E-state index in [0.717, 1.165) is 61.1 Å². The van der Waals surface area contributed by atoms with Crippen molar-refractivity contribution >= 4 is 22.8 Å². The predicted molar refractivity (Wildman–Crippen MR) is 140 cm³/mol. The topological polar surface area (TPSA) is 86.9 Å². The Morgan fingerprint density at radius 3 is 2.61 bits per heavy atom. The average Bonchev–Trinajstić information content (AvgIpc) is 3.56.